The van der Waals surface area contributed by atoms with Gasteiger partial charge in [0.05, 0.1) is 0 Å². The van der Waals surface area contributed by atoms with Crippen molar-refractivity contribution in [3.8, 4) is 5.75 Å². The molecule has 17 heavy (non-hydrogen) atoms. The molecule has 0 radical (unpaired) electrons. The molecule has 0 saturated heterocycles. The number of rotatable bonds is 6. The highest BCUT2D eigenvalue weighted by Gasteiger charge is 2.06. The Bertz CT molecular complexity index is 372. The Morgan fingerprint density at radius 2 is 2.06 bits per heavy atom. The van der Waals surface area contributed by atoms with Crippen molar-refractivity contribution in [3.05, 3.63) is 29.3 Å². The maximum Gasteiger partial charge on any atom is 0.311 e. The van der Waals surface area contributed by atoms with E-state index in [1.54, 1.807) is 0 Å². The van der Waals surface area contributed by atoms with E-state index in [0.717, 1.165) is 5.56 Å². The average Bonchev–Trinajstić information content (AvgIpc) is 2.28. The van der Waals surface area contributed by atoms with E-state index >= 15 is 0 Å². The van der Waals surface area contributed by atoms with Gasteiger partial charge in [-0.25, -0.2) is 0 Å². The fraction of sp³-hybridized carbons (Fsp3) is 0.500. The lowest BCUT2D eigenvalue weighted by atomic mass is 10.1. The van der Waals surface area contributed by atoms with Gasteiger partial charge in [0.15, 0.2) is 0 Å². The van der Waals surface area contributed by atoms with Crippen LogP contribution in [0.25, 0.3) is 0 Å². The smallest absolute Gasteiger partial charge is 0.311 e. The zero-order chi connectivity index (χ0) is 12.7. The molecule has 94 valence electrons. The molecule has 0 aliphatic heterocycles. The molecule has 0 unspecified atom stereocenters. The topological polar surface area (TPSA) is 35.5 Å². The summed E-state index contributed by atoms with van der Waals surface area (Å²) in [4.78, 5) is 11.5. The van der Waals surface area contributed by atoms with Gasteiger partial charge in [0, 0.05) is 19.6 Å². The highest BCUT2D eigenvalue weighted by Crippen LogP contribution is 2.19. The summed E-state index contributed by atoms with van der Waals surface area (Å²) in [5.41, 5.74) is 2.15. The Labute approximate surface area is 103 Å². The second-order valence-electron chi connectivity index (χ2n) is 4.04. The number of aryl methyl sites for hydroxylation is 2. The summed E-state index contributed by atoms with van der Waals surface area (Å²) in [7, 11) is 0. The van der Waals surface area contributed by atoms with Gasteiger partial charge < -0.3 is 9.47 Å². The summed E-state index contributed by atoms with van der Waals surface area (Å²) in [5.74, 6) is 0.452. The minimum atomic E-state index is -0.198. The van der Waals surface area contributed by atoms with E-state index < -0.39 is 0 Å². The summed E-state index contributed by atoms with van der Waals surface area (Å²) < 4.78 is 10.5. The summed E-state index contributed by atoms with van der Waals surface area (Å²) in [6, 6.07) is 5.78. The van der Waals surface area contributed by atoms with Crippen molar-refractivity contribution in [3.63, 3.8) is 0 Å². The molecule has 0 aliphatic carbocycles. The minimum Gasteiger partial charge on any atom is -0.426 e. The van der Waals surface area contributed by atoms with Gasteiger partial charge in [0.1, 0.15) is 5.75 Å². The molecular formula is C14H20O3. The van der Waals surface area contributed by atoms with E-state index in [1.165, 1.54) is 5.56 Å². The molecule has 0 heterocycles. The summed E-state index contributed by atoms with van der Waals surface area (Å²) in [6.07, 6.45) is 1.10. The van der Waals surface area contributed by atoms with Crippen LogP contribution in [0.3, 0.4) is 0 Å². The maximum atomic E-state index is 11.5. The van der Waals surface area contributed by atoms with E-state index in [4.69, 9.17) is 9.47 Å². The lowest BCUT2D eigenvalue weighted by Crippen LogP contribution is -2.10. The number of hydrogen-bond donors (Lipinski definition) is 0. The van der Waals surface area contributed by atoms with Crippen LogP contribution in [-0.2, 0) is 9.53 Å². The number of esters is 1. The summed E-state index contributed by atoms with van der Waals surface area (Å²) in [5, 5.41) is 0. The maximum absolute atomic E-state index is 11.5. The molecule has 3 heteroatoms. The van der Waals surface area contributed by atoms with Crippen LogP contribution in [0.2, 0.25) is 0 Å². The first-order valence-electron chi connectivity index (χ1n) is 5.99. The standard InChI is InChI=1S/C14H20O3/c1-4-16-9-5-6-14(15)17-13-8-7-11(2)10-12(13)3/h7-8,10H,4-6,9H2,1-3H3. The predicted octanol–water partition coefficient (Wildman–Crippen LogP) is 3.03. The molecule has 1 rings (SSSR count). The molecule has 0 spiro atoms. The van der Waals surface area contributed by atoms with Gasteiger partial charge in [0.25, 0.3) is 0 Å². The van der Waals surface area contributed by atoms with Crippen LogP contribution in [-0.4, -0.2) is 19.2 Å². The van der Waals surface area contributed by atoms with Crippen LogP contribution in [0.1, 0.15) is 30.9 Å². The zero-order valence-corrected chi connectivity index (χ0v) is 10.8. The summed E-state index contributed by atoms with van der Waals surface area (Å²) in [6.45, 7) is 7.19. The third kappa shape index (κ3) is 5.00. The summed E-state index contributed by atoms with van der Waals surface area (Å²) >= 11 is 0. The van der Waals surface area contributed by atoms with Crippen LogP contribution in [0.5, 0.6) is 5.75 Å². The van der Waals surface area contributed by atoms with E-state index in [1.807, 2.05) is 39.0 Å². The Hall–Kier alpha value is -1.35. The van der Waals surface area contributed by atoms with E-state index in [2.05, 4.69) is 0 Å². The van der Waals surface area contributed by atoms with Crippen LogP contribution >= 0.6 is 0 Å². The van der Waals surface area contributed by atoms with Crippen LogP contribution in [0, 0.1) is 13.8 Å². The molecule has 0 saturated carbocycles. The molecule has 1 aromatic carbocycles. The molecular weight excluding hydrogens is 216 g/mol. The molecule has 1 aromatic rings. The van der Waals surface area contributed by atoms with Gasteiger partial charge in [-0.3, -0.25) is 4.79 Å². The van der Waals surface area contributed by atoms with Crippen molar-refractivity contribution >= 4 is 5.97 Å². The second kappa shape index (κ2) is 7.07. The Kier molecular flexibility index (Phi) is 5.70. The largest absolute Gasteiger partial charge is 0.426 e. The highest BCUT2D eigenvalue weighted by molar-refractivity contribution is 5.72. The third-order valence-electron chi connectivity index (χ3n) is 2.43. The highest BCUT2D eigenvalue weighted by atomic mass is 16.5. The number of hydrogen-bond acceptors (Lipinski definition) is 3. The van der Waals surface area contributed by atoms with Crippen molar-refractivity contribution < 1.29 is 14.3 Å². The Morgan fingerprint density at radius 3 is 2.71 bits per heavy atom. The third-order valence-corrected chi connectivity index (χ3v) is 2.43. The average molecular weight is 236 g/mol. The van der Waals surface area contributed by atoms with E-state index in [-0.39, 0.29) is 5.97 Å². The minimum absolute atomic E-state index is 0.198. The fourth-order valence-corrected chi connectivity index (χ4v) is 1.55. The van der Waals surface area contributed by atoms with E-state index in [9.17, 15) is 4.79 Å². The number of carbonyl (C=O) groups excluding carboxylic acids is 1. The number of carbonyl (C=O) groups is 1. The monoisotopic (exact) mass is 236 g/mol. The van der Waals surface area contributed by atoms with Crippen molar-refractivity contribution in [1.82, 2.24) is 0 Å². The van der Waals surface area contributed by atoms with Crippen molar-refractivity contribution in [1.29, 1.82) is 0 Å². The first-order valence-corrected chi connectivity index (χ1v) is 5.99. The van der Waals surface area contributed by atoms with Gasteiger partial charge in [-0.05, 0) is 38.8 Å². The SMILES string of the molecule is CCOCCCC(=O)Oc1ccc(C)cc1C. The van der Waals surface area contributed by atoms with Gasteiger partial charge in [-0.2, -0.15) is 0 Å². The molecule has 3 nitrogen and oxygen atoms in total. The van der Waals surface area contributed by atoms with Crippen molar-refractivity contribution in [2.24, 2.45) is 0 Å². The second-order valence-corrected chi connectivity index (χ2v) is 4.04. The zero-order valence-electron chi connectivity index (χ0n) is 10.8. The van der Waals surface area contributed by atoms with Gasteiger partial charge in [-0.15, -0.1) is 0 Å². The van der Waals surface area contributed by atoms with Crippen LogP contribution in [0.4, 0.5) is 0 Å². The first kappa shape index (κ1) is 13.7. The molecule has 0 aromatic heterocycles. The van der Waals surface area contributed by atoms with Gasteiger partial charge in [-0.1, -0.05) is 17.7 Å². The normalized spacial score (nSPS) is 10.3. The molecule has 0 atom stereocenters. The predicted molar refractivity (Wildman–Crippen MR) is 67.3 cm³/mol. The lowest BCUT2D eigenvalue weighted by Gasteiger charge is -2.08. The Balaban J connectivity index is 2.40. The van der Waals surface area contributed by atoms with Gasteiger partial charge >= 0.3 is 5.97 Å². The molecule has 0 aliphatic rings. The van der Waals surface area contributed by atoms with Crippen LogP contribution in [0.15, 0.2) is 18.2 Å². The van der Waals surface area contributed by atoms with Crippen molar-refractivity contribution in [2.75, 3.05) is 13.2 Å². The van der Waals surface area contributed by atoms with Crippen LogP contribution < -0.4 is 4.74 Å². The molecule has 0 fully saturated rings. The Morgan fingerprint density at radius 1 is 1.29 bits per heavy atom. The van der Waals surface area contributed by atoms with Gasteiger partial charge in [0.2, 0.25) is 0 Å². The first-order chi connectivity index (χ1) is 8.13. The molecule has 0 N–H and O–H groups in total. The van der Waals surface area contributed by atoms with Crippen molar-refractivity contribution in [2.45, 2.75) is 33.6 Å². The molecule has 0 bridgehead atoms. The lowest BCUT2D eigenvalue weighted by molar-refractivity contribution is -0.134. The quantitative estimate of drug-likeness (QED) is 0.432. The molecule has 0 amide bonds. The fourth-order valence-electron chi connectivity index (χ4n) is 1.55. The van der Waals surface area contributed by atoms with E-state index in [0.29, 0.717) is 31.8 Å². The number of benzene rings is 1. The number of ether oxygens (including phenoxy) is 2.